The van der Waals surface area contributed by atoms with E-state index in [1.165, 1.54) is 51.4 Å². The SMILES string of the molecule is O=CCCCCCCCCCCCCCCCS(=O)(=O)O. The normalized spacial score (nSPS) is 11.7. The summed E-state index contributed by atoms with van der Waals surface area (Å²) in [5.74, 6) is -0.0974. The third-order valence-corrected chi connectivity index (χ3v) is 4.53. The van der Waals surface area contributed by atoms with E-state index in [1.807, 2.05) is 0 Å². The molecule has 0 saturated heterocycles. The lowest BCUT2D eigenvalue weighted by Gasteiger charge is -2.03. The summed E-state index contributed by atoms with van der Waals surface area (Å²) in [7, 11) is -3.76. The summed E-state index contributed by atoms with van der Waals surface area (Å²) < 4.78 is 29.6. The zero-order valence-corrected chi connectivity index (χ0v) is 14.1. The Morgan fingerprint density at radius 3 is 1.29 bits per heavy atom. The molecule has 0 aliphatic carbocycles. The maximum atomic E-state index is 10.5. The lowest BCUT2D eigenvalue weighted by Crippen LogP contribution is -2.03. The third kappa shape index (κ3) is 19.6. The van der Waals surface area contributed by atoms with Gasteiger partial charge in [-0.15, -0.1) is 0 Å². The predicted octanol–water partition coefficient (Wildman–Crippen LogP) is 4.53. The van der Waals surface area contributed by atoms with Gasteiger partial charge in [0.2, 0.25) is 0 Å². The quantitative estimate of drug-likeness (QED) is 0.257. The molecule has 0 heterocycles. The van der Waals surface area contributed by atoms with Crippen LogP contribution in [0.15, 0.2) is 0 Å². The Labute approximate surface area is 130 Å². The van der Waals surface area contributed by atoms with Gasteiger partial charge in [-0.2, -0.15) is 8.42 Å². The van der Waals surface area contributed by atoms with E-state index in [4.69, 9.17) is 4.55 Å². The molecule has 0 aliphatic rings. The van der Waals surface area contributed by atoms with E-state index < -0.39 is 10.1 Å². The average molecular weight is 320 g/mol. The van der Waals surface area contributed by atoms with Crippen LogP contribution >= 0.6 is 0 Å². The Kier molecular flexibility index (Phi) is 14.2. The summed E-state index contributed by atoms with van der Waals surface area (Å²) in [6, 6.07) is 0. The first kappa shape index (κ1) is 20.6. The molecule has 4 nitrogen and oxygen atoms in total. The molecular weight excluding hydrogens is 288 g/mol. The van der Waals surface area contributed by atoms with Crippen LogP contribution in [0.25, 0.3) is 0 Å². The van der Waals surface area contributed by atoms with Crippen molar-refractivity contribution in [2.24, 2.45) is 0 Å². The Bertz CT molecular complexity index is 325. The highest BCUT2D eigenvalue weighted by Gasteiger charge is 2.02. The first-order valence-corrected chi connectivity index (χ1v) is 10.1. The van der Waals surface area contributed by atoms with Crippen LogP contribution in [-0.2, 0) is 14.9 Å². The van der Waals surface area contributed by atoms with E-state index in [-0.39, 0.29) is 5.75 Å². The highest BCUT2D eigenvalue weighted by Crippen LogP contribution is 2.12. The van der Waals surface area contributed by atoms with Gasteiger partial charge in [-0.1, -0.05) is 70.6 Å². The van der Waals surface area contributed by atoms with Gasteiger partial charge in [-0.3, -0.25) is 4.55 Å². The molecule has 0 bridgehead atoms. The van der Waals surface area contributed by atoms with Crippen molar-refractivity contribution >= 4 is 16.4 Å². The van der Waals surface area contributed by atoms with E-state index in [0.717, 1.165) is 32.0 Å². The molecule has 0 rings (SSSR count). The first-order chi connectivity index (χ1) is 10.1. The second-order valence-corrected chi connectivity index (χ2v) is 7.41. The van der Waals surface area contributed by atoms with Crippen LogP contribution < -0.4 is 0 Å². The zero-order chi connectivity index (χ0) is 15.8. The van der Waals surface area contributed by atoms with E-state index in [1.54, 1.807) is 0 Å². The fraction of sp³-hybridized carbons (Fsp3) is 0.938. The predicted molar refractivity (Wildman–Crippen MR) is 87.1 cm³/mol. The second kappa shape index (κ2) is 14.5. The molecule has 0 spiro atoms. The van der Waals surface area contributed by atoms with Crippen LogP contribution in [0, 0.1) is 0 Å². The molecule has 21 heavy (non-hydrogen) atoms. The standard InChI is InChI=1S/C16H32O4S/c17-15-13-11-9-7-5-3-1-2-4-6-8-10-12-14-16-21(18,19)20/h15H,1-14,16H2,(H,18,19,20). The minimum atomic E-state index is -3.76. The average Bonchev–Trinajstić information content (AvgIpc) is 2.42. The van der Waals surface area contributed by atoms with Crippen molar-refractivity contribution in [1.29, 1.82) is 0 Å². The number of unbranched alkanes of at least 4 members (excludes halogenated alkanes) is 13. The van der Waals surface area contributed by atoms with Crippen molar-refractivity contribution in [3.63, 3.8) is 0 Å². The first-order valence-electron chi connectivity index (χ1n) is 8.45. The van der Waals surface area contributed by atoms with E-state index in [2.05, 4.69) is 0 Å². The molecule has 0 aromatic heterocycles. The summed E-state index contributed by atoms with van der Waals surface area (Å²) in [4.78, 5) is 10.1. The second-order valence-electron chi connectivity index (χ2n) is 5.84. The Morgan fingerprint density at radius 1 is 0.619 bits per heavy atom. The summed E-state index contributed by atoms with van der Waals surface area (Å²) in [5.41, 5.74) is 0. The van der Waals surface area contributed by atoms with Crippen molar-refractivity contribution in [1.82, 2.24) is 0 Å². The van der Waals surface area contributed by atoms with Gasteiger partial charge in [0, 0.05) is 6.42 Å². The molecule has 0 amide bonds. The zero-order valence-electron chi connectivity index (χ0n) is 13.3. The molecule has 0 atom stereocenters. The molecule has 0 aromatic rings. The van der Waals surface area contributed by atoms with Crippen molar-refractivity contribution in [2.45, 2.75) is 89.9 Å². The fourth-order valence-electron chi connectivity index (χ4n) is 2.46. The van der Waals surface area contributed by atoms with Crippen LogP contribution in [0.3, 0.4) is 0 Å². The van der Waals surface area contributed by atoms with Gasteiger partial charge >= 0.3 is 0 Å². The molecule has 0 unspecified atom stereocenters. The molecule has 0 aromatic carbocycles. The summed E-state index contributed by atoms with van der Waals surface area (Å²) in [6.07, 6.45) is 16.6. The molecule has 1 N–H and O–H groups in total. The molecule has 5 heteroatoms. The molecule has 0 radical (unpaired) electrons. The molecule has 0 aliphatic heterocycles. The third-order valence-electron chi connectivity index (χ3n) is 3.72. The van der Waals surface area contributed by atoms with Gasteiger partial charge in [0.25, 0.3) is 10.1 Å². The summed E-state index contributed by atoms with van der Waals surface area (Å²) >= 11 is 0. The molecular formula is C16H32O4S. The van der Waals surface area contributed by atoms with Crippen LogP contribution in [-0.4, -0.2) is 25.0 Å². The summed E-state index contributed by atoms with van der Waals surface area (Å²) in [5, 5.41) is 0. The Hall–Kier alpha value is -0.420. The molecule has 0 fully saturated rings. The van der Waals surface area contributed by atoms with Gasteiger partial charge in [0.1, 0.15) is 6.29 Å². The maximum Gasteiger partial charge on any atom is 0.264 e. The largest absolute Gasteiger partial charge is 0.303 e. The van der Waals surface area contributed by atoms with Crippen LogP contribution in [0.5, 0.6) is 0 Å². The molecule has 126 valence electrons. The minimum Gasteiger partial charge on any atom is -0.303 e. The highest BCUT2D eigenvalue weighted by atomic mass is 32.2. The van der Waals surface area contributed by atoms with E-state index >= 15 is 0 Å². The van der Waals surface area contributed by atoms with Crippen molar-refractivity contribution in [3.05, 3.63) is 0 Å². The van der Waals surface area contributed by atoms with Gasteiger partial charge < -0.3 is 4.79 Å². The summed E-state index contributed by atoms with van der Waals surface area (Å²) in [6.45, 7) is 0. The Balaban J connectivity index is 3.04. The monoisotopic (exact) mass is 320 g/mol. The van der Waals surface area contributed by atoms with Crippen molar-refractivity contribution in [2.75, 3.05) is 5.75 Å². The van der Waals surface area contributed by atoms with Gasteiger partial charge in [-0.05, 0) is 12.8 Å². The number of hydrogen-bond donors (Lipinski definition) is 1. The number of hydrogen-bond acceptors (Lipinski definition) is 3. The minimum absolute atomic E-state index is 0.0974. The fourth-order valence-corrected chi connectivity index (χ4v) is 3.03. The van der Waals surface area contributed by atoms with Crippen molar-refractivity contribution in [3.8, 4) is 0 Å². The van der Waals surface area contributed by atoms with Crippen LogP contribution in [0.4, 0.5) is 0 Å². The number of aldehydes is 1. The van der Waals surface area contributed by atoms with Gasteiger partial charge in [0.15, 0.2) is 0 Å². The lowest BCUT2D eigenvalue weighted by atomic mass is 10.0. The maximum absolute atomic E-state index is 10.5. The van der Waals surface area contributed by atoms with Crippen molar-refractivity contribution < 1.29 is 17.8 Å². The molecule has 0 saturated carbocycles. The lowest BCUT2D eigenvalue weighted by molar-refractivity contribution is -0.107. The Morgan fingerprint density at radius 2 is 0.952 bits per heavy atom. The van der Waals surface area contributed by atoms with E-state index in [0.29, 0.717) is 12.8 Å². The number of rotatable bonds is 16. The van der Waals surface area contributed by atoms with Gasteiger partial charge in [-0.25, -0.2) is 0 Å². The topological polar surface area (TPSA) is 71.4 Å². The van der Waals surface area contributed by atoms with Gasteiger partial charge in [0.05, 0.1) is 5.75 Å². The van der Waals surface area contributed by atoms with E-state index in [9.17, 15) is 13.2 Å². The van der Waals surface area contributed by atoms with Crippen LogP contribution in [0.2, 0.25) is 0 Å². The van der Waals surface area contributed by atoms with Crippen LogP contribution in [0.1, 0.15) is 89.9 Å². The highest BCUT2D eigenvalue weighted by molar-refractivity contribution is 7.85. The number of carbonyl (C=O) groups excluding carboxylic acids is 1. The smallest absolute Gasteiger partial charge is 0.264 e. The number of carbonyl (C=O) groups is 1.